The van der Waals surface area contributed by atoms with Crippen molar-refractivity contribution in [2.24, 2.45) is 0 Å². The van der Waals surface area contributed by atoms with E-state index < -0.39 is 0 Å². The molecule has 0 saturated carbocycles. The van der Waals surface area contributed by atoms with E-state index in [4.69, 9.17) is 0 Å². The van der Waals surface area contributed by atoms with Crippen molar-refractivity contribution in [2.75, 3.05) is 0 Å². The van der Waals surface area contributed by atoms with E-state index in [1.54, 1.807) is 6.08 Å². The lowest BCUT2D eigenvalue weighted by molar-refractivity contribution is 1.40. The molecule has 0 rings (SSSR count). The Morgan fingerprint density at radius 2 is 2.22 bits per heavy atom. The molecule has 0 radical (unpaired) electrons. The molecule has 0 heterocycles. The van der Waals surface area contributed by atoms with E-state index in [0.717, 1.165) is 6.42 Å². The summed E-state index contributed by atoms with van der Waals surface area (Å²) in [6, 6.07) is 0. The Kier molecular flexibility index (Phi) is 4.63. The van der Waals surface area contributed by atoms with Gasteiger partial charge >= 0.3 is 0 Å². The van der Waals surface area contributed by atoms with Gasteiger partial charge in [0.05, 0.1) is 0 Å². The van der Waals surface area contributed by atoms with Crippen molar-refractivity contribution in [1.82, 2.24) is 0 Å². The fourth-order valence-electron chi connectivity index (χ4n) is 0.326. The van der Waals surface area contributed by atoms with Crippen molar-refractivity contribution in [3.63, 3.8) is 0 Å². The Morgan fingerprint density at radius 1 is 1.56 bits per heavy atom. The lowest BCUT2D eigenvalue weighted by atomic mass is 10.3. The summed E-state index contributed by atoms with van der Waals surface area (Å²) in [6.45, 7) is 7.61. The first kappa shape index (κ1) is 8.04. The summed E-state index contributed by atoms with van der Waals surface area (Å²) in [5.74, 6) is 5.82. The second-order valence-corrected chi connectivity index (χ2v) is 2.04. The van der Waals surface area contributed by atoms with Crippen molar-refractivity contribution in [3.8, 4) is 11.8 Å². The fraction of sp³-hybridized carbons (Fsp3) is 0.333. The van der Waals surface area contributed by atoms with Gasteiger partial charge in [-0.25, -0.2) is 0 Å². The summed E-state index contributed by atoms with van der Waals surface area (Å²) < 4.78 is 0. The molecule has 0 saturated heterocycles. The highest BCUT2D eigenvalue weighted by molar-refractivity contribution is 5.19. The topological polar surface area (TPSA) is 0 Å². The van der Waals surface area contributed by atoms with Gasteiger partial charge in [-0.3, -0.25) is 0 Å². The highest BCUT2D eigenvalue weighted by atomic mass is 13.7. The Balaban J connectivity index is 3.61. The molecular formula is C9H12. The number of allylic oxidation sites excluding steroid dienone is 3. The second-order valence-electron chi connectivity index (χ2n) is 2.04. The van der Waals surface area contributed by atoms with Crippen LogP contribution in [0.25, 0.3) is 0 Å². The van der Waals surface area contributed by atoms with Gasteiger partial charge in [-0.05, 0) is 19.9 Å². The minimum Gasteiger partial charge on any atom is -0.102 e. The van der Waals surface area contributed by atoms with Crippen LogP contribution in [0.4, 0.5) is 0 Å². The van der Waals surface area contributed by atoms with Gasteiger partial charge in [0.2, 0.25) is 0 Å². The smallest absolute Gasteiger partial charge is 0.0270 e. The maximum atomic E-state index is 3.55. The van der Waals surface area contributed by atoms with Crippen molar-refractivity contribution >= 4 is 0 Å². The van der Waals surface area contributed by atoms with Crippen molar-refractivity contribution in [2.45, 2.75) is 20.3 Å². The minimum absolute atomic E-state index is 0.782. The van der Waals surface area contributed by atoms with Crippen LogP contribution in [0.2, 0.25) is 0 Å². The van der Waals surface area contributed by atoms with Gasteiger partial charge < -0.3 is 0 Å². The monoisotopic (exact) mass is 120 g/mol. The van der Waals surface area contributed by atoms with E-state index in [2.05, 4.69) is 18.4 Å². The van der Waals surface area contributed by atoms with Gasteiger partial charge in [0.25, 0.3) is 0 Å². The first-order valence-corrected chi connectivity index (χ1v) is 3.00. The van der Waals surface area contributed by atoms with Crippen molar-refractivity contribution in [1.29, 1.82) is 0 Å². The Morgan fingerprint density at radius 3 is 2.67 bits per heavy atom. The van der Waals surface area contributed by atoms with Crippen LogP contribution in [-0.2, 0) is 0 Å². The van der Waals surface area contributed by atoms with Gasteiger partial charge in [-0.2, -0.15) is 0 Å². The van der Waals surface area contributed by atoms with E-state index >= 15 is 0 Å². The van der Waals surface area contributed by atoms with Gasteiger partial charge in [0.15, 0.2) is 0 Å². The Hall–Kier alpha value is -0.960. The third-order valence-electron chi connectivity index (χ3n) is 0.709. The van der Waals surface area contributed by atoms with Crippen LogP contribution < -0.4 is 0 Å². The van der Waals surface area contributed by atoms with E-state index in [1.165, 1.54) is 5.57 Å². The van der Waals surface area contributed by atoms with Crippen LogP contribution in [0, 0.1) is 11.8 Å². The van der Waals surface area contributed by atoms with Crippen LogP contribution in [0.15, 0.2) is 24.3 Å². The maximum Gasteiger partial charge on any atom is 0.0270 e. The van der Waals surface area contributed by atoms with Crippen LogP contribution in [-0.4, -0.2) is 0 Å². The van der Waals surface area contributed by atoms with Crippen molar-refractivity contribution < 1.29 is 0 Å². The quantitative estimate of drug-likeness (QED) is 0.368. The Bertz CT molecular complexity index is 158. The van der Waals surface area contributed by atoms with Crippen molar-refractivity contribution in [3.05, 3.63) is 24.3 Å². The SMILES string of the molecule is C=CCC#CC=C(C)C. The molecule has 0 fully saturated rings. The molecule has 0 N–H and O–H groups in total. The first-order chi connectivity index (χ1) is 4.27. The molecular weight excluding hydrogens is 108 g/mol. The summed E-state index contributed by atoms with van der Waals surface area (Å²) in [4.78, 5) is 0. The summed E-state index contributed by atoms with van der Waals surface area (Å²) >= 11 is 0. The van der Waals surface area contributed by atoms with E-state index in [0.29, 0.717) is 0 Å². The van der Waals surface area contributed by atoms with Crippen LogP contribution in [0.5, 0.6) is 0 Å². The minimum atomic E-state index is 0.782. The largest absolute Gasteiger partial charge is 0.102 e. The predicted octanol–water partition coefficient (Wildman–Crippen LogP) is 2.53. The molecule has 0 heteroatoms. The zero-order valence-corrected chi connectivity index (χ0v) is 6.07. The molecule has 0 atom stereocenters. The van der Waals surface area contributed by atoms with Crippen LogP contribution in [0.3, 0.4) is 0 Å². The predicted molar refractivity (Wildman–Crippen MR) is 42.0 cm³/mol. The summed E-state index contributed by atoms with van der Waals surface area (Å²) in [6.07, 6.45) is 4.49. The molecule has 0 bridgehead atoms. The molecule has 0 spiro atoms. The molecule has 0 nitrogen and oxygen atoms in total. The van der Waals surface area contributed by atoms with E-state index in [-0.39, 0.29) is 0 Å². The number of hydrogen-bond donors (Lipinski definition) is 0. The molecule has 0 unspecified atom stereocenters. The zero-order chi connectivity index (χ0) is 7.11. The Labute approximate surface area is 57.3 Å². The van der Waals surface area contributed by atoms with Gasteiger partial charge in [0.1, 0.15) is 0 Å². The molecule has 0 aliphatic rings. The van der Waals surface area contributed by atoms with Crippen LogP contribution in [0.1, 0.15) is 20.3 Å². The standard InChI is InChI=1S/C9H12/c1-4-5-6-7-8-9(2)3/h4,8H,1,5H2,2-3H3. The third-order valence-corrected chi connectivity index (χ3v) is 0.709. The maximum absolute atomic E-state index is 3.55. The lowest BCUT2D eigenvalue weighted by Crippen LogP contribution is -1.59. The highest BCUT2D eigenvalue weighted by Crippen LogP contribution is 1.85. The fourth-order valence-corrected chi connectivity index (χ4v) is 0.326. The number of hydrogen-bond acceptors (Lipinski definition) is 0. The second kappa shape index (κ2) is 5.18. The van der Waals surface area contributed by atoms with E-state index in [9.17, 15) is 0 Å². The number of rotatable bonds is 1. The molecule has 0 aromatic rings. The molecule has 0 aliphatic heterocycles. The third kappa shape index (κ3) is 7.04. The average Bonchev–Trinajstić information content (AvgIpc) is 1.80. The normalized spacial score (nSPS) is 6.89. The molecule has 0 aromatic heterocycles. The molecule has 0 aromatic carbocycles. The summed E-state index contributed by atoms with van der Waals surface area (Å²) in [5.41, 5.74) is 1.24. The summed E-state index contributed by atoms with van der Waals surface area (Å²) in [7, 11) is 0. The van der Waals surface area contributed by atoms with E-state index in [1.807, 2.05) is 19.9 Å². The highest BCUT2D eigenvalue weighted by Gasteiger charge is 1.67. The lowest BCUT2D eigenvalue weighted by Gasteiger charge is -1.76. The van der Waals surface area contributed by atoms with Gasteiger partial charge in [-0.15, -0.1) is 6.58 Å². The van der Waals surface area contributed by atoms with Gasteiger partial charge in [0, 0.05) is 6.42 Å². The molecule has 0 aliphatic carbocycles. The zero-order valence-electron chi connectivity index (χ0n) is 6.07. The van der Waals surface area contributed by atoms with Gasteiger partial charge in [-0.1, -0.05) is 23.5 Å². The van der Waals surface area contributed by atoms with Crippen LogP contribution >= 0.6 is 0 Å². The first-order valence-electron chi connectivity index (χ1n) is 3.00. The molecule has 48 valence electrons. The molecule has 9 heavy (non-hydrogen) atoms. The molecule has 0 amide bonds. The average molecular weight is 120 g/mol. The summed E-state index contributed by atoms with van der Waals surface area (Å²) in [5, 5.41) is 0.